The molecule has 4 rings (SSSR count). The predicted octanol–water partition coefficient (Wildman–Crippen LogP) is 4.82. The van der Waals surface area contributed by atoms with Gasteiger partial charge in [0.2, 0.25) is 0 Å². The second-order valence-corrected chi connectivity index (χ2v) is 7.59. The molecule has 0 spiro atoms. The first-order valence-corrected chi connectivity index (χ1v) is 9.69. The Balaban J connectivity index is 1.72. The van der Waals surface area contributed by atoms with Crippen LogP contribution < -0.4 is 5.32 Å². The van der Waals surface area contributed by atoms with E-state index >= 15 is 0 Å². The number of benzene rings is 1. The number of alkyl halides is 3. The lowest BCUT2D eigenvalue weighted by Gasteiger charge is -2.33. The van der Waals surface area contributed by atoms with Gasteiger partial charge in [0.25, 0.3) is 5.91 Å². The molecule has 28 heavy (non-hydrogen) atoms. The Kier molecular flexibility index (Phi) is 4.99. The lowest BCUT2D eigenvalue weighted by Crippen LogP contribution is -2.37. The highest BCUT2D eigenvalue weighted by atomic mass is 35.5. The zero-order valence-corrected chi connectivity index (χ0v) is 15.8. The molecule has 5 nitrogen and oxygen atoms in total. The molecule has 1 aromatic carbocycles. The summed E-state index contributed by atoms with van der Waals surface area (Å²) in [7, 11) is 0. The van der Waals surface area contributed by atoms with E-state index in [0.717, 1.165) is 29.5 Å². The third kappa shape index (κ3) is 3.45. The van der Waals surface area contributed by atoms with E-state index in [2.05, 4.69) is 10.4 Å². The highest BCUT2D eigenvalue weighted by molar-refractivity contribution is 6.36. The molecule has 3 heterocycles. The van der Waals surface area contributed by atoms with Crippen LogP contribution in [0.3, 0.4) is 0 Å². The Morgan fingerprint density at radius 3 is 2.46 bits per heavy atom. The zero-order chi connectivity index (χ0) is 19.9. The van der Waals surface area contributed by atoms with Crippen LogP contribution in [-0.4, -0.2) is 39.9 Å². The molecule has 150 valence electrons. The topological polar surface area (TPSA) is 50.2 Å². The first-order valence-electron chi connectivity index (χ1n) is 9.31. The first kappa shape index (κ1) is 19.1. The summed E-state index contributed by atoms with van der Waals surface area (Å²) in [5.41, 5.74) is 0.609. The van der Waals surface area contributed by atoms with Crippen LogP contribution in [0.15, 0.2) is 30.3 Å². The van der Waals surface area contributed by atoms with E-state index in [0.29, 0.717) is 13.1 Å². The fraction of sp³-hybridized carbons (Fsp3) is 0.474. The van der Waals surface area contributed by atoms with Gasteiger partial charge in [-0.1, -0.05) is 41.9 Å². The minimum atomic E-state index is -4.51. The average Bonchev–Trinajstić information content (AvgIpc) is 3.04. The Hall–Kier alpha value is -2.22. The minimum Gasteiger partial charge on any atom is -0.362 e. The molecule has 0 aliphatic carbocycles. The second kappa shape index (κ2) is 7.31. The summed E-state index contributed by atoms with van der Waals surface area (Å²) in [5.74, 6) is -0.366. The molecule has 0 unspecified atom stereocenters. The zero-order valence-electron chi connectivity index (χ0n) is 15.0. The van der Waals surface area contributed by atoms with E-state index in [1.807, 2.05) is 0 Å². The van der Waals surface area contributed by atoms with Gasteiger partial charge in [0.05, 0.1) is 6.04 Å². The maximum absolute atomic E-state index is 13.8. The molecule has 2 aliphatic heterocycles. The number of aromatic nitrogens is 2. The van der Waals surface area contributed by atoms with Crippen molar-refractivity contribution < 1.29 is 18.0 Å². The number of rotatable bonds is 2. The third-order valence-corrected chi connectivity index (χ3v) is 5.70. The normalized spacial score (nSPS) is 22.5. The van der Waals surface area contributed by atoms with Crippen molar-refractivity contribution >= 4 is 23.3 Å². The number of piperidine rings is 1. The quantitative estimate of drug-likeness (QED) is 0.769. The number of carbonyl (C=O) groups excluding carboxylic acids is 1. The minimum absolute atomic E-state index is 0.0458. The van der Waals surface area contributed by atoms with Crippen LogP contribution in [-0.2, 0) is 0 Å². The van der Waals surface area contributed by atoms with E-state index in [1.54, 1.807) is 35.2 Å². The van der Waals surface area contributed by atoms with E-state index in [4.69, 9.17) is 11.6 Å². The Bertz CT molecular complexity index is 862. The fourth-order valence-corrected chi connectivity index (χ4v) is 4.14. The molecule has 1 amide bonds. The number of anilines is 1. The average molecular weight is 413 g/mol. The number of hydrogen-bond donors (Lipinski definition) is 1. The van der Waals surface area contributed by atoms with Crippen LogP contribution in [0, 0.1) is 0 Å². The fourth-order valence-electron chi connectivity index (χ4n) is 3.88. The molecule has 1 aromatic heterocycles. The lowest BCUT2D eigenvalue weighted by atomic mass is 9.97. The number of hydrogen-bond acceptors (Lipinski definition) is 3. The number of fused-ring (bicyclic) bond motifs is 1. The van der Waals surface area contributed by atoms with Crippen molar-refractivity contribution in [1.82, 2.24) is 14.7 Å². The van der Waals surface area contributed by atoms with Crippen molar-refractivity contribution in [2.45, 2.75) is 43.9 Å². The Morgan fingerprint density at radius 2 is 1.82 bits per heavy atom. The van der Waals surface area contributed by atoms with Crippen LogP contribution in [0.1, 0.15) is 53.8 Å². The van der Waals surface area contributed by atoms with E-state index in [9.17, 15) is 18.0 Å². The summed E-state index contributed by atoms with van der Waals surface area (Å²) in [6.07, 6.45) is -1.96. The monoisotopic (exact) mass is 412 g/mol. The van der Waals surface area contributed by atoms with Crippen LogP contribution in [0.2, 0.25) is 5.02 Å². The summed E-state index contributed by atoms with van der Waals surface area (Å²) in [5, 5.41) is 7.02. The number of halogens is 4. The number of likely N-dealkylation sites (tertiary alicyclic amines) is 1. The van der Waals surface area contributed by atoms with Gasteiger partial charge in [-0.2, -0.15) is 18.3 Å². The van der Waals surface area contributed by atoms with Crippen LogP contribution in [0.25, 0.3) is 0 Å². The second-order valence-electron chi connectivity index (χ2n) is 7.21. The molecule has 0 saturated carbocycles. The summed E-state index contributed by atoms with van der Waals surface area (Å²) < 4.78 is 42.2. The number of carbonyl (C=O) groups is 1. The van der Waals surface area contributed by atoms with Gasteiger partial charge in [0.1, 0.15) is 10.8 Å². The summed E-state index contributed by atoms with van der Waals surface area (Å²) in [6, 6.07) is 6.47. The van der Waals surface area contributed by atoms with Gasteiger partial charge in [0, 0.05) is 19.5 Å². The molecule has 1 saturated heterocycles. The van der Waals surface area contributed by atoms with Gasteiger partial charge in [-0.25, -0.2) is 4.68 Å². The molecule has 2 aromatic rings. The highest BCUT2D eigenvalue weighted by Gasteiger charge is 2.48. The first-order chi connectivity index (χ1) is 13.4. The number of nitrogens with zero attached hydrogens (tertiary/aromatic N) is 3. The largest absolute Gasteiger partial charge is 0.410 e. The van der Waals surface area contributed by atoms with Gasteiger partial charge in [-0.3, -0.25) is 4.79 Å². The lowest BCUT2D eigenvalue weighted by molar-refractivity contribution is -0.173. The highest BCUT2D eigenvalue weighted by Crippen LogP contribution is 2.46. The third-order valence-electron chi connectivity index (χ3n) is 5.34. The Morgan fingerprint density at radius 1 is 1.14 bits per heavy atom. The van der Waals surface area contributed by atoms with Crippen molar-refractivity contribution in [3.63, 3.8) is 0 Å². The molecular weight excluding hydrogens is 393 g/mol. The van der Waals surface area contributed by atoms with Crippen LogP contribution in [0.5, 0.6) is 0 Å². The molecule has 9 heteroatoms. The maximum Gasteiger partial charge on any atom is 0.410 e. The predicted molar refractivity (Wildman–Crippen MR) is 99.5 cm³/mol. The van der Waals surface area contributed by atoms with Gasteiger partial charge in [-0.05, 0) is 24.8 Å². The van der Waals surface area contributed by atoms with Gasteiger partial charge >= 0.3 is 6.18 Å². The van der Waals surface area contributed by atoms with Crippen molar-refractivity contribution in [3.05, 3.63) is 46.6 Å². The number of nitrogens with one attached hydrogen (secondary N) is 1. The van der Waals surface area contributed by atoms with Gasteiger partial charge in [0.15, 0.2) is 11.7 Å². The molecule has 1 fully saturated rings. The molecule has 0 radical (unpaired) electrons. The van der Waals surface area contributed by atoms with Crippen molar-refractivity contribution in [1.29, 1.82) is 0 Å². The molecule has 1 N–H and O–H groups in total. The van der Waals surface area contributed by atoms with Crippen LogP contribution >= 0.6 is 11.6 Å². The van der Waals surface area contributed by atoms with Gasteiger partial charge < -0.3 is 10.2 Å². The van der Waals surface area contributed by atoms with E-state index < -0.39 is 24.2 Å². The van der Waals surface area contributed by atoms with Gasteiger partial charge in [-0.15, -0.1) is 0 Å². The summed E-state index contributed by atoms with van der Waals surface area (Å²) in [6.45, 7) is 1.14. The SMILES string of the molecule is O=C(c1nn2c(c1Cl)N[C@H](c1ccccc1)C[C@H]2C(F)(F)F)N1CCCCC1. The van der Waals surface area contributed by atoms with Crippen molar-refractivity contribution in [3.8, 4) is 0 Å². The summed E-state index contributed by atoms with van der Waals surface area (Å²) in [4.78, 5) is 14.4. The van der Waals surface area contributed by atoms with Crippen LogP contribution in [0.4, 0.5) is 19.0 Å². The molecule has 0 bridgehead atoms. The smallest absolute Gasteiger partial charge is 0.362 e. The van der Waals surface area contributed by atoms with Crippen molar-refractivity contribution in [2.24, 2.45) is 0 Å². The van der Waals surface area contributed by atoms with E-state index in [1.165, 1.54) is 0 Å². The molecular formula is C19H20ClF3N4O. The molecule has 2 aliphatic rings. The van der Waals surface area contributed by atoms with E-state index in [-0.39, 0.29) is 23.0 Å². The number of amides is 1. The molecule has 2 atom stereocenters. The standard InChI is InChI=1S/C19H20ClF3N4O/c20-15-16(18(28)26-9-5-2-6-10-26)25-27-14(19(21,22)23)11-13(24-17(15)27)12-7-3-1-4-8-12/h1,3-4,7-8,13-14,24H,2,5-6,9-11H2/t13-,14-/m0/s1. The Labute approximate surface area is 165 Å². The summed E-state index contributed by atoms with van der Waals surface area (Å²) >= 11 is 6.36. The van der Waals surface area contributed by atoms with Crippen molar-refractivity contribution in [2.75, 3.05) is 18.4 Å². The maximum atomic E-state index is 13.8.